The molecule has 1 aromatic carbocycles. The van der Waals surface area contributed by atoms with Crippen molar-refractivity contribution in [2.75, 3.05) is 11.5 Å². The molecular weight excluding hydrogens is 352 g/mol. The van der Waals surface area contributed by atoms with Gasteiger partial charge >= 0.3 is 5.69 Å². The van der Waals surface area contributed by atoms with Gasteiger partial charge in [0.1, 0.15) is 23.0 Å². The molecule has 0 unspecified atom stereocenters. The van der Waals surface area contributed by atoms with E-state index in [1.54, 1.807) is 0 Å². The number of aromatic nitrogens is 2. The van der Waals surface area contributed by atoms with E-state index in [1.807, 2.05) is 6.92 Å². The third kappa shape index (κ3) is 3.81. The summed E-state index contributed by atoms with van der Waals surface area (Å²) in [7, 11) is 1.26. The fourth-order valence-corrected chi connectivity index (χ4v) is 3.12. The minimum atomic E-state index is -0.805. The number of anilines is 1. The molecule has 2 N–H and O–H groups in total. The van der Waals surface area contributed by atoms with Crippen LogP contribution in [0.1, 0.15) is 23.7 Å². The third-order valence-corrected chi connectivity index (χ3v) is 4.59. The summed E-state index contributed by atoms with van der Waals surface area (Å²) in [5.74, 6) is -2.49. The number of carbonyl (C=O) groups is 1. The fourth-order valence-electron chi connectivity index (χ4n) is 2.29. The van der Waals surface area contributed by atoms with Gasteiger partial charge in [-0.15, -0.1) is 11.8 Å². The highest BCUT2D eigenvalue weighted by molar-refractivity contribution is 8.00. The Hall–Kier alpha value is -2.42. The molecule has 0 atom stereocenters. The number of carbonyl (C=O) groups excluding carboxylic acids is 1. The van der Waals surface area contributed by atoms with E-state index in [-0.39, 0.29) is 28.6 Å². The lowest BCUT2D eigenvalue weighted by Gasteiger charge is -2.13. The number of nitrogen functional groups attached to an aromatic ring is 1. The van der Waals surface area contributed by atoms with Crippen molar-refractivity contribution in [2.45, 2.75) is 24.8 Å². The molecule has 1 aromatic heterocycles. The standard InChI is InChI=1S/C16H17F2N3O3S/c1-3-6-21-14(19)13(15(23)20(2)16(21)24)11(22)8-25-12-7-9(17)4-5-10(12)18/h4-5,7H,3,6,8,19H2,1-2H3. The summed E-state index contributed by atoms with van der Waals surface area (Å²) in [5.41, 5.74) is 4.12. The van der Waals surface area contributed by atoms with Crippen LogP contribution < -0.4 is 17.0 Å². The summed E-state index contributed by atoms with van der Waals surface area (Å²) < 4.78 is 28.8. The predicted molar refractivity (Wildman–Crippen MR) is 92.1 cm³/mol. The molecule has 0 amide bonds. The topological polar surface area (TPSA) is 87.1 Å². The maximum absolute atomic E-state index is 13.6. The molecule has 0 aliphatic heterocycles. The Morgan fingerprint density at radius 1 is 1.28 bits per heavy atom. The van der Waals surface area contributed by atoms with Crippen molar-refractivity contribution >= 4 is 23.4 Å². The van der Waals surface area contributed by atoms with Crippen LogP contribution in [0.4, 0.5) is 14.6 Å². The first-order chi connectivity index (χ1) is 11.8. The van der Waals surface area contributed by atoms with Gasteiger partial charge in [-0.2, -0.15) is 0 Å². The summed E-state index contributed by atoms with van der Waals surface area (Å²) in [6, 6.07) is 2.89. The average Bonchev–Trinajstić information content (AvgIpc) is 2.57. The summed E-state index contributed by atoms with van der Waals surface area (Å²) in [6.07, 6.45) is 0.583. The maximum atomic E-state index is 13.6. The number of hydrogen-bond acceptors (Lipinski definition) is 5. The van der Waals surface area contributed by atoms with Gasteiger partial charge in [0.15, 0.2) is 5.78 Å². The van der Waals surface area contributed by atoms with Gasteiger partial charge in [0.2, 0.25) is 0 Å². The average molecular weight is 369 g/mol. The van der Waals surface area contributed by atoms with E-state index in [2.05, 4.69) is 0 Å². The lowest BCUT2D eigenvalue weighted by Crippen LogP contribution is -2.42. The first-order valence-corrected chi connectivity index (χ1v) is 8.46. The quantitative estimate of drug-likeness (QED) is 0.620. The van der Waals surface area contributed by atoms with Gasteiger partial charge in [-0.3, -0.25) is 18.7 Å². The van der Waals surface area contributed by atoms with Crippen molar-refractivity contribution in [2.24, 2.45) is 7.05 Å². The Morgan fingerprint density at radius 3 is 2.60 bits per heavy atom. The normalized spacial score (nSPS) is 10.9. The van der Waals surface area contributed by atoms with Crippen LogP contribution in [-0.4, -0.2) is 20.7 Å². The Balaban J connectivity index is 2.38. The molecule has 6 nitrogen and oxygen atoms in total. The van der Waals surface area contributed by atoms with Gasteiger partial charge in [-0.25, -0.2) is 13.6 Å². The highest BCUT2D eigenvalue weighted by atomic mass is 32.2. The highest BCUT2D eigenvalue weighted by Gasteiger charge is 2.21. The summed E-state index contributed by atoms with van der Waals surface area (Å²) in [4.78, 5) is 36.7. The molecule has 0 fully saturated rings. The zero-order valence-corrected chi connectivity index (χ0v) is 14.5. The van der Waals surface area contributed by atoms with Gasteiger partial charge in [-0.05, 0) is 24.6 Å². The van der Waals surface area contributed by atoms with Crippen molar-refractivity contribution in [1.82, 2.24) is 9.13 Å². The van der Waals surface area contributed by atoms with E-state index in [4.69, 9.17) is 5.73 Å². The number of halogens is 2. The van der Waals surface area contributed by atoms with Crippen LogP contribution in [0.15, 0.2) is 32.7 Å². The Labute approximate surface area is 146 Å². The van der Waals surface area contributed by atoms with Crippen LogP contribution >= 0.6 is 11.8 Å². The molecule has 134 valence electrons. The minimum absolute atomic E-state index is 0.0503. The number of thioether (sulfide) groups is 1. The summed E-state index contributed by atoms with van der Waals surface area (Å²) >= 11 is 0.755. The second kappa shape index (κ2) is 7.64. The predicted octanol–water partition coefficient (Wildman–Crippen LogP) is 1.79. The van der Waals surface area contributed by atoms with Crippen molar-refractivity contribution in [3.05, 3.63) is 56.2 Å². The Kier molecular flexibility index (Phi) is 5.78. The fraction of sp³-hybridized carbons (Fsp3) is 0.312. The van der Waals surface area contributed by atoms with E-state index >= 15 is 0 Å². The van der Waals surface area contributed by atoms with Crippen LogP contribution in [0.25, 0.3) is 0 Å². The number of benzene rings is 1. The van der Waals surface area contributed by atoms with Crippen LogP contribution in [0.2, 0.25) is 0 Å². The molecule has 2 aromatic rings. The molecule has 25 heavy (non-hydrogen) atoms. The number of rotatable bonds is 6. The van der Waals surface area contributed by atoms with E-state index in [1.165, 1.54) is 7.05 Å². The second-order valence-corrected chi connectivity index (χ2v) is 6.36. The van der Waals surface area contributed by atoms with Crippen LogP contribution in [0, 0.1) is 11.6 Å². The Morgan fingerprint density at radius 2 is 1.96 bits per heavy atom. The van der Waals surface area contributed by atoms with Gasteiger partial charge < -0.3 is 5.73 Å². The largest absolute Gasteiger partial charge is 0.384 e. The van der Waals surface area contributed by atoms with Crippen LogP contribution in [-0.2, 0) is 13.6 Å². The van der Waals surface area contributed by atoms with Gasteiger partial charge in [0, 0.05) is 18.5 Å². The van der Waals surface area contributed by atoms with Crippen molar-refractivity contribution in [3.8, 4) is 0 Å². The molecule has 0 spiro atoms. The molecule has 0 aliphatic rings. The summed E-state index contributed by atoms with van der Waals surface area (Å²) in [5, 5.41) is 0. The zero-order valence-electron chi connectivity index (χ0n) is 13.7. The van der Waals surface area contributed by atoms with E-state index in [9.17, 15) is 23.2 Å². The van der Waals surface area contributed by atoms with Crippen molar-refractivity contribution in [1.29, 1.82) is 0 Å². The van der Waals surface area contributed by atoms with Gasteiger partial charge in [0.05, 0.1) is 5.75 Å². The molecule has 0 radical (unpaired) electrons. The third-order valence-electron chi connectivity index (χ3n) is 3.56. The Bertz CT molecular complexity index is 937. The van der Waals surface area contributed by atoms with E-state index in [0.29, 0.717) is 6.42 Å². The van der Waals surface area contributed by atoms with E-state index in [0.717, 1.165) is 39.1 Å². The number of ketones is 1. The van der Waals surface area contributed by atoms with E-state index < -0.39 is 28.7 Å². The molecule has 0 saturated heterocycles. The van der Waals surface area contributed by atoms with Crippen molar-refractivity contribution in [3.63, 3.8) is 0 Å². The first kappa shape index (κ1) is 18.9. The smallest absolute Gasteiger partial charge is 0.332 e. The van der Waals surface area contributed by atoms with Gasteiger partial charge in [0.25, 0.3) is 5.56 Å². The second-order valence-electron chi connectivity index (χ2n) is 5.35. The monoisotopic (exact) mass is 369 g/mol. The molecule has 1 heterocycles. The van der Waals surface area contributed by atoms with Crippen molar-refractivity contribution < 1.29 is 13.6 Å². The molecule has 0 aliphatic carbocycles. The zero-order chi connectivity index (χ0) is 18.7. The number of nitrogens with two attached hydrogens (primary N) is 1. The van der Waals surface area contributed by atoms with Gasteiger partial charge in [-0.1, -0.05) is 6.92 Å². The SMILES string of the molecule is CCCn1c(N)c(C(=O)CSc2cc(F)ccc2F)c(=O)n(C)c1=O. The molecule has 2 rings (SSSR count). The number of nitrogens with zero attached hydrogens (tertiary/aromatic N) is 2. The number of Topliss-reactive ketones (excluding diaryl/α,β-unsaturated/α-hetero) is 1. The lowest BCUT2D eigenvalue weighted by molar-refractivity contribution is 0.102. The lowest BCUT2D eigenvalue weighted by atomic mass is 10.2. The molecule has 0 saturated carbocycles. The maximum Gasteiger partial charge on any atom is 0.332 e. The van der Waals surface area contributed by atoms with Crippen LogP contribution in [0.3, 0.4) is 0 Å². The van der Waals surface area contributed by atoms with Crippen LogP contribution in [0.5, 0.6) is 0 Å². The molecule has 0 bridgehead atoms. The molecule has 9 heteroatoms. The first-order valence-electron chi connectivity index (χ1n) is 7.48. The minimum Gasteiger partial charge on any atom is -0.384 e. The molecular formula is C16H17F2N3O3S. The summed E-state index contributed by atoms with van der Waals surface area (Å²) in [6.45, 7) is 2.08. The highest BCUT2D eigenvalue weighted by Crippen LogP contribution is 2.23. The number of hydrogen-bond donors (Lipinski definition) is 1.